The van der Waals surface area contributed by atoms with Gasteiger partial charge in [0.05, 0.1) is 0 Å². The zero-order valence-electron chi connectivity index (χ0n) is 31.1. The first-order chi connectivity index (χ1) is 20.3. The first kappa shape index (κ1) is 42.0. The second-order valence-corrected chi connectivity index (χ2v) is 15.6. The Morgan fingerprint density at radius 1 is 0.381 bits per heavy atom. The lowest BCUT2D eigenvalue weighted by atomic mass is 9.81. The van der Waals surface area contributed by atoms with Crippen molar-refractivity contribution < 1.29 is 0 Å². The average molecular weight is 592 g/mol. The minimum Gasteiger partial charge on any atom is -0.309 e. The summed E-state index contributed by atoms with van der Waals surface area (Å²) < 4.78 is 0. The van der Waals surface area contributed by atoms with Crippen molar-refractivity contribution in [2.45, 2.75) is 215 Å². The van der Waals surface area contributed by atoms with E-state index < -0.39 is 0 Å². The first-order valence-corrected chi connectivity index (χ1v) is 19.9. The summed E-state index contributed by atoms with van der Waals surface area (Å²) in [5, 5.41) is 0. The van der Waals surface area contributed by atoms with Gasteiger partial charge in [-0.2, -0.15) is 0 Å². The van der Waals surface area contributed by atoms with Crippen LogP contribution in [-0.2, 0) is 0 Å². The lowest BCUT2D eigenvalue weighted by Gasteiger charge is -2.29. The molecule has 0 radical (unpaired) electrons. The smallest absolute Gasteiger partial charge is 0.000620 e. The van der Waals surface area contributed by atoms with Crippen LogP contribution in [-0.4, -0.2) is 25.5 Å². The fourth-order valence-corrected chi connectivity index (χ4v) is 7.31. The summed E-state index contributed by atoms with van der Waals surface area (Å²) in [6.45, 7) is 16.0. The molecule has 1 nitrogen and oxygen atoms in total. The minimum atomic E-state index is 0.870. The maximum absolute atomic E-state index is 2.57. The van der Waals surface area contributed by atoms with Crippen LogP contribution >= 0.6 is 0 Å². The molecule has 5 atom stereocenters. The minimum absolute atomic E-state index is 0.870. The van der Waals surface area contributed by atoms with Crippen LogP contribution in [0.2, 0.25) is 0 Å². The van der Waals surface area contributed by atoms with Crippen molar-refractivity contribution in [3.05, 3.63) is 0 Å². The number of unbranched alkanes of at least 4 members (excludes halogenated alkanes) is 16. The molecule has 0 aromatic heterocycles. The zero-order valence-corrected chi connectivity index (χ0v) is 31.1. The Balaban J connectivity index is 3.94. The number of hydrogen-bond donors (Lipinski definition) is 0. The van der Waals surface area contributed by atoms with Crippen molar-refractivity contribution in [3.63, 3.8) is 0 Å². The van der Waals surface area contributed by atoms with Gasteiger partial charge in [-0.3, -0.25) is 0 Å². The Kier molecular flexibility index (Phi) is 30.9. The largest absolute Gasteiger partial charge is 0.309 e. The second kappa shape index (κ2) is 31.0. The molecule has 0 saturated heterocycles. The summed E-state index contributed by atoms with van der Waals surface area (Å²) in [6.07, 6.45) is 39.1. The Morgan fingerprint density at radius 3 is 1.05 bits per heavy atom. The van der Waals surface area contributed by atoms with E-state index in [1.54, 1.807) is 0 Å². The number of rotatable bonds is 33. The molecule has 0 aliphatic carbocycles. The third-order valence-corrected chi connectivity index (χ3v) is 10.5. The van der Waals surface area contributed by atoms with Gasteiger partial charge in [-0.25, -0.2) is 0 Å². The highest BCUT2D eigenvalue weighted by molar-refractivity contribution is 4.73. The predicted molar refractivity (Wildman–Crippen MR) is 195 cm³/mol. The number of nitrogens with zero attached hydrogens (tertiary/aromatic N) is 1. The van der Waals surface area contributed by atoms with Gasteiger partial charge in [0.2, 0.25) is 0 Å². The second-order valence-electron chi connectivity index (χ2n) is 15.6. The highest BCUT2D eigenvalue weighted by Gasteiger charge is 2.20. The normalized spacial score (nSPS) is 15.6. The Labute approximate surface area is 269 Å². The average Bonchev–Trinajstić information content (AvgIpc) is 2.95. The van der Waals surface area contributed by atoms with E-state index in [9.17, 15) is 0 Å². The van der Waals surface area contributed by atoms with Gasteiger partial charge in [-0.1, -0.05) is 208 Å². The van der Waals surface area contributed by atoms with Crippen LogP contribution in [0.3, 0.4) is 0 Å². The Bertz CT molecular complexity index is 513. The van der Waals surface area contributed by atoms with Crippen LogP contribution in [0.25, 0.3) is 0 Å². The summed E-state index contributed by atoms with van der Waals surface area (Å²) >= 11 is 0. The molecule has 1 heteroatoms. The van der Waals surface area contributed by atoms with Crippen molar-refractivity contribution in [2.75, 3.05) is 20.6 Å². The molecule has 0 N–H and O–H groups in total. The Morgan fingerprint density at radius 2 is 0.690 bits per heavy atom. The van der Waals surface area contributed by atoms with Gasteiger partial charge < -0.3 is 4.90 Å². The van der Waals surface area contributed by atoms with E-state index in [0.717, 1.165) is 29.6 Å². The lowest BCUT2D eigenvalue weighted by Crippen LogP contribution is -2.28. The van der Waals surface area contributed by atoms with E-state index in [-0.39, 0.29) is 0 Å². The highest BCUT2D eigenvalue weighted by atomic mass is 15.1. The fraction of sp³-hybridized carbons (Fsp3) is 1.00. The summed E-state index contributed by atoms with van der Waals surface area (Å²) in [6, 6.07) is 0. The maximum Gasteiger partial charge on any atom is 0.000620 e. The monoisotopic (exact) mass is 592 g/mol. The van der Waals surface area contributed by atoms with Gasteiger partial charge >= 0.3 is 0 Å². The van der Waals surface area contributed by atoms with Crippen LogP contribution in [0.4, 0.5) is 0 Å². The van der Waals surface area contributed by atoms with Gasteiger partial charge in [-0.05, 0) is 50.1 Å². The highest BCUT2D eigenvalue weighted by Crippen LogP contribution is 2.29. The molecule has 0 aromatic carbocycles. The molecule has 0 saturated carbocycles. The van der Waals surface area contributed by atoms with E-state index in [4.69, 9.17) is 0 Å². The third-order valence-electron chi connectivity index (χ3n) is 10.5. The molecule has 0 fully saturated rings. The van der Waals surface area contributed by atoms with Gasteiger partial charge in [0.15, 0.2) is 0 Å². The molecule has 0 bridgehead atoms. The first-order valence-electron chi connectivity index (χ1n) is 19.9. The summed E-state index contributed by atoms with van der Waals surface area (Å²) in [7, 11) is 4.56. The van der Waals surface area contributed by atoms with E-state index in [1.165, 1.54) is 180 Å². The van der Waals surface area contributed by atoms with Crippen molar-refractivity contribution in [1.82, 2.24) is 4.90 Å². The van der Waals surface area contributed by atoms with Crippen molar-refractivity contribution in [2.24, 2.45) is 29.6 Å². The van der Waals surface area contributed by atoms with Crippen LogP contribution in [0, 0.1) is 29.6 Å². The standard InChI is InChI=1S/C41H85N/c1-9-11-13-15-17-23-29-37(3)31-25-19-20-27-33-39(5)35-41(36-42(7)8)40(6)34-28-22-21-26-32-38(4)30-24-18-16-14-12-10-2/h37-41H,9-36H2,1-8H3. The lowest BCUT2D eigenvalue weighted by molar-refractivity contribution is 0.204. The Hall–Kier alpha value is -0.0400. The summed E-state index contributed by atoms with van der Waals surface area (Å²) in [5.41, 5.74) is 0. The molecule has 0 aliphatic heterocycles. The van der Waals surface area contributed by atoms with Crippen LogP contribution in [0.1, 0.15) is 215 Å². The molecule has 0 rings (SSSR count). The van der Waals surface area contributed by atoms with Crippen LogP contribution in [0.15, 0.2) is 0 Å². The molecular formula is C41H85N. The molecular weight excluding hydrogens is 506 g/mol. The van der Waals surface area contributed by atoms with Crippen molar-refractivity contribution in [1.29, 1.82) is 0 Å². The maximum atomic E-state index is 2.57. The molecule has 0 heterocycles. The molecule has 254 valence electrons. The van der Waals surface area contributed by atoms with E-state index in [0.29, 0.717) is 0 Å². The molecule has 0 spiro atoms. The molecule has 5 unspecified atom stereocenters. The number of hydrogen-bond acceptors (Lipinski definition) is 1. The van der Waals surface area contributed by atoms with E-state index in [2.05, 4.69) is 60.5 Å². The van der Waals surface area contributed by atoms with Gasteiger partial charge in [-0.15, -0.1) is 0 Å². The van der Waals surface area contributed by atoms with Gasteiger partial charge in [0.25, 0.3) is 0 Å². The predicted octanol–water partition coefficient (Wildman–Crippen LogP) is 14.3. The SMILES string of the molecule is CCCCCCCCC(C)CCCCCCC(C)CC(CN(C)C)C(C)CCCCCCC(C)CCCCCCCC. The van der Waals surface area contributed by atoms with Gasteiger partial charge in [0, 0.05) is 6.54 Å². The zero-order chi connectivity index (χ0) is 31.3. The van der Waals surface area contributed by atoms with E-state index >= 15 is 0 Å². The third kappa shape index (κ3) is 28.7. The van der Waals surface area contributed by atoms with Crippen LogP contribution in [0.5, 0.6) is 0 Å². The van der Waals surface area contributed by atoms with Crippen molar-refractivity contribution >= 4 is 0 Å². The molecule has 0 amide bonds. The van der Waals surface area contributed by atoms with Crippen molar-refractivity contribution in [3.8, 4) is 0 Å². The molecule has 0 aliphatic rings. The van der Waals surface area contributed by atoms with Crippen LogP contribution < -0.4 is 0 Å². The molecule has 42 heavy (non-hydrogen) atoms. The van der Waals surface area contributed by atoms with E-state index in [1.807, 2.05) is 0 Å². The quantitative estimate of drug-likeness (QED) is 0.0686. The summed E-state index contributed by atoms with van der Waals surface area (Å²) in [4.78, 5) is 2.45. The van der Waals surface area contributed by atoms with Gasteiger partial charge in [0.1, 0.15) is 0 Å². The summed E-state index contributed by atoms with van der Waals surface area (Å²) in [5.74, 6) is 4.52. The molecule has 0 aromatic rings. The topological polar surface area (TPSA) is 3.24 Å². The fourth-order valence-electron chi connectivity index (χ4n) is 7.31.